The molecule has 27 heavy (non-hydrogen) atoms. The fraction of sp³-hybridized carbons (Fsp3) is 0.0526. The number of carbonyl (C=O) groups excluding carboxylic acids is 1. The molecule has 0 unspecified atom stereocenters. The van der Waals surface area contributed by atoms with Crippen LogP contribution in [-0.2, 0) is 14.8 Å². The van der Waals surface area contributed by atoms with Crippen molar-refractivity contribution >= 4 is 39.1 Å². The molecule has 0 saturated carbocycles. The molecule has 138 valence electrons. The van der Waals surface area contributed by atoms with Crippen molar-refractivity contribution in [3.05, 3.63) is 79.1 Å². The van der Waals surface area contributed by atoms with Crippen LogP contribution in [0.25, 0.3) is 0 Å². The normalized spacial score (nSPS) is 11.0. The zero-order valence-corrected chi connectivity index (χ0v) is 15.8. The second-order valence-electron chi connectivity index (χ2n) is 5.52. The molecule has 1 aromatic heterocycles. The maximum absolute atomic E-state index is 12.3. The van der Waals surface area contributed by atoms with Crippen LogP contribution in [0.5, 0.6) is 0 Å². The van der Waals surface area contributed by atoms with E-state index in [0.29, 0.717) is 11.4 Å². The van der Waals surface area contributed by atoms with Gasteiger partial charge >= 0.3 is 0 Å². The van der Waals surface area contributed by atoms with E-state index in [4.69, 9.17) is 0 Å². The number of rotatable bonds is 7. The highest BCUT2D eigenvalue weighted by molar-refractivity contribution is 8.00. The molecule has 6 nitrogen and oxygen atoms in total. The maximum atomic E-state index is 12.3. The second kappa shape index (κ2) is 8.70. The highest BCUT2D eigenvalue weighted by Crippen LogP contribution is 2.22. The van der Waals surface area contributed by atoms with Crippen molar-refractivity contribution in [3.8, 4) is 0 Å². The summed E-state index contributed by atoms with van der Waals surface area (Å²) in [7, 11) is -3.61. The highest BCUT2D eigenvalue weighted by Gasteiger charge is 2.13. The van der Waals surface area contributed by atoms with Crippen LogP contribution in [0.2, 0.25) is 0 Å². The quantitative estimate of drug-likeness (QED) is 0.593. The average Bonchev–Trinajstić information content (AvgIpc) is 2.69. The summed E-state index contributed by atoms with van der Waals surface area (Å²) in [6.07, 6.45) is 3.22. The van der Waals surface area contributed by atoms with Crippen molar-refractivity contribution in [2.45, 2.75) is 9.79 Å². The number of benzene rings is 2. The van der Waals surface area contributed by atoms with Crippen LogP contribution < -0.4 is 10.0 Å². The third kappa shape index (κ3) is 5.57. The van der Waals surface area contributed by atoms with Crippen molar-refractivity contribution in [2.24, 2.45) is 0 Å². The first-order valence-corrected chi connectivity index (χ1v) is 10.5. The van der Waals surface area contributed by atoms with Crippen molar-refractivity contribution in [2.75, 3.05) is 15.8 Å². The predicted molar refractivity (Wildman–Crippen MR) is 107 cm³/mol. The Balaban J connectivity index is 1.55. The van der Waals surface area contributed by atoms with Crippen LogP contribution in [0.1, 0.15) is 0 Å². The Hall–Kier alpha value is -2.84. The minimum atomic E-state index is -3.61. The molecule has 0 aliphatic carbocycles. The molecule has 0 atom stereocenters. The molecule has 3 aromatic rings. The molecule has 0 radical (unpaired) electrons. The number of anilines is 2. The Bertz CT molecular complexity index is 993. The number of carbonyl (C=O) groups is 1. The summed E-state index contributed by atoms with van der Waals surface area (Å²) in [5.74, 6) is 0.122. The van der Waals surface area contributed by atoms with Gasteiger partial charge in [0, 0.05) is 28.7 Å². The smallest absolute Gasteiger partial charge is 0.261 e. The molecule has 1 amide bonds. The van der Waals surface area contributed by atoms with E-state index in [2.05, 4.69) is 15.0 Å². The van der Waals surface area contributed by atoms with E-state index in [1.54, 1.807) is 67.0 Å². The van der Waals surface area contributed by atoms with Crippen molar-refractivity contribution in [1.29, 1.82) is 0 Å². The standard InChI is InChI=1S/C19H17N3O3S2/c23-19(21-15-10-12-20-13-11-15)14-26-17-8-6-16(7-9-17)22-27(24,25)18-4-2-1-3-5-18/h1-13,22H,14H2,(H,20,21,23). The van der Waals surface area contributed by atoms with E-state index in [1.807, 2.05) is 0 Å². The molecular weight excluding hydrogens is 382 g/mol. The highest BCUT2D eigenvalue weighted by atomic mass is 32.2. The van der Waals surface area contributed by atoms with E-state index < -0.39 is 10.0 Å². The topological polar surface area (TPSA) is 88.2 Å². The first-order valence-electron chi connectivity index (χ1n) is 8.03. The number of nitrogens with one attached hydrogen (secondary N) is 2. The average molecular weight is 399 g/mol. The van der Waals surface area contributed by atoms with Crippen LogP contribution in [0.3, 0.4) is 0 Å². The monoisotopic (exact) mass is 399 g/mol. The van der Waals surface area contributed by atoms with Gasteiger partial charge in [0.25, 0.3) is 10.0 Å². The van der Waals surface area contributed by atoms with Gasteiger partial charge in [0.2, 0.25) is 5.91 Å². The SMILES string of the molecule is O=C(CSc1ccc(NS(=O)(=O)c2ccccc2)cc1)Nc1ccncc1. The number of amides is 1. The van der Waals surface area contributed by atoms with Gasteiger partial charge in [-0.2, -0.15) is 0 Å². The van der Waals surface area contributed by atoms with E-state index in [9.17, 15) is 13.2 Å². The van der Waals surface area contributed by atoms with Crippen LogP contribution in [0, 0.1) is 0 Å². The number of hydrogen-bond acceptors (Lipinski definition) is 5. The first kappa shape index (κ1) is 18.9. The van der Waals surface area contributed by atoms with E-state index in [-0.39, 0.29) is 16.6 Å². The third-order valence-corrected chi connectivity index (χ3v) is 5.90. The fourth-order valence-corrected chi connectivity index (χ4v) is 3.99. The molecule has 2 N–H and O–H groups in total. The second-order valence-corrected chi connectivity index (χ2v) is 8.25. The minimum Gasteiger partial charge on any atom is -0.325 e. The van der Waals surface area contributed by atoms with Gasteiger partial charge in [-0.1, -0.05) is 18.2 Å². The van der Waals surface area contributed by atoms with Gasteiger partial charge in [0.1, 0.15) is 0 Å². The zero-order chi connectivity index (χ0) is 19.1. The number of nitrogens with zero attached hydrogens (tertiary/aromatic N) is 1. The summed E-state index contributed by atoms with van der Waals surface area (Å²) >= 11 is 1.37. The van der Waals surface area contributed by atoms with Gasteiger partial charge in [-0.15, -0.1) is 11.8 Å². The van der Waals surface area contributed by atoms with Gasteiger partial charge < -0.3 is 5.32 Å². The minimum absolute atomic E-state index is 0.125. The van der Waals surface area contributed by atoms with Gasteiger partial charge in [-0.3, -0.25) is 14.5 Å². The summed E-state index contributed by atoms with van der Waals surface area (Å²) in [4.78, 5) is 16.9. The van der Waals surface area contributed by atoms with E-state index in [1.165, 1.54) is 23.9 Å². The van der Waals surface area contributed by atoms with Crippen molar-refractivity contribution < 1.29 is 13.2 Å². The van der Waals surface area contributed by atoms with E-state index >= 15 is 0 Å². The van der Waals surface area contributed by atoms with Crippen LogP contribution in [0.4, 0.5) is 11.4 Å². The number of pyridine rings is 1. The fourth-order valence-electron chi connectivity index (χ4n) is 2.21. The van der Waals surface area contributed by atoms with Crippen LogP contribution in [0.15, 0.2) is 88.9 Å². The lowest BCUT2D eigenvalue weighted by molar-refractivity contribution is -0.113. The summed E-state index contributed by atoms with van der Waals surface area (Å²) in [5, 5.41) is 2.78. The Morgan fingerprint density at radius 2 is 1.56 bits per heavy atom. The first-order chi connectivity index (χ1) is 13.0. The summed E-state index contributed by atoms with van der Waals surface area (Å²) in [6.45, 7) is 0. The molecule has 0 fully saturated rings. The molecule has 0 bridgehead atoms. The number of hydrogen-bond donors (Lipinski definition) is 2. The maximum Gasteiger partial charge on any atom is 0.261 e. The van der Waals surface area contributed by atoms with Crippen molar-refractivity contribution in [3.63, 3.8) is 0 Å². The predicted octanol–water partition coefficient (Wildman–Crippen LogP) is 3.61. The van der Waals surface area contributed by atoms with Gasteiger partial charge in [0.15, 0.2) is 0 Å². The molecule has 8 heteroatoms. The zero-order valence-electron chi connectivity index (χ0n) is 14.2. The number of thioether (sulfide) groups is 1. The Labute approximate surface area is 162 Å². The lowest BCUT2D eigenvalue weighted by Crippen LogP contribution is -2.14. The molecule has 0 saturated heterocycles. The summed E-state index contributed by atoms with van der Waals surface area (Å²) in [6, 6.07) is 18.5. The van der Waals surface area contributed by atoms with E-state index in [0.717, 1.165) is 4.90 Å². The molecule has 0 aliphatic heterocycles. The van der Waals surface area contributed by atoms with Crippen LogP contribution in [-0.4, -0.2) is 25.1 Å². The van der Waals surface area contributed by atoms with Gasteiger partial charge in [0.05, 0.1) is 10.6 Å². The molecule has 0 aliphatic rings. The molecule has 1 heterocycles. The lowest BCUT2D eigenvalue weighted by atomic mass is 10.3. The largest absolute Gasteiger partial charge is 0.325 e. The third-order valence-electron chi connectivity index (χ3n) is 3.49. The Kier molecular flexibility index (Phi) is 6.10. The lowest BCUT2D eigenvalue weighted by Gasteiger charge is -2.09. The molecular formula is C19H17N3O3S2. The summed E-state index contributed by atoms with van der Waals surface area (Å²) < 4.78 is 27.1. The molecule has 0 spiro atoms. The number of sulfonamides is 1. The van der Waals surface area contributed by atoms with Crippen LogP contribution >= 0.6 is 11.8 Å². The van der Waals surface area contributed by atoms with Gasteiger partial charge in [-0.25, -0.2) is 8.42 Å². The molecule has 2 aromatic carbocycles. The van der Waals surface area contributed by atoms with Crippen molar-refractivity contribution in [1.82, 2.24) is 4.98 Å². The Morgan fingerprint density at radius 1 is 0.889 bits per heavy atom. The van der Waals surface area contributed by atoms with Gasteiger partial charge in [-0.05, 0) is 48.5 Å². The Morgan fingerprint density at radius 3 is 2.22 bits per heavy atom. The summed E-state index contributed by atoms with van der Waals surface area (Å²) in [5.41, 5.74) is 1.16. The number of aromatic nitrogens is 1. The molecule has 3 rings (SSSR count).